The summed E-state index contributed by atoms with van der Waals surface area (Å²) >= 11 is 5.93. The van der Waals surface area contributed by atoms with Gasteiger partial charge in [0.1, 0.15) is 11.8 Å². The molecule has 1 heterocycles. The number of hydrogen-bond acceptors (Lipinski definition) is 3. The van der Waals surface area contributed by atoms with Crippen LogP contribution in [0.3, 0.4) is 0 Å². The number of nitrogens with two attached hydrogens (primary N) is 1. The van der Waals surface area contributed by atoms with E-state index in [4.69, 9.17) is 20.8 Å². The third-order valence-corrected chi connectivity index (χ3v) is 3.32. The summed E-state index contributed by atoms with van der Waals surface area (Å²) < 4.78 is 10.5. The predicted octanol–water partition coefficient (Wildman–Crippen LogP) is 2.20. The Balaban J connectivity index is 1.91. The van der Waals surface area contributed by atoms with Gasteiger partial charge in [-0.3, -0.25) is 4.79 Å². The maximum Gasteiger partial charge on any atom is 0.279 e. The summed E-state index contributed by atoms with van der Waals surface area (Å²) in [5.74, 6) is 1.28. The third-order valence-electron chi connectivity index (χ3n) is 3.08. The number of ether oxygens (including phenoxy) is 1. The maximum atomic E-state index is 12.0. The molecule has 2 rings (SSSR count). The fraction of sp³-hybridized carbons (Fsp3) is 0.267. The molecular formula is C15H18ClN2O3+. The first-order valence-corrected chi connectivity index (χ1v) is 6.98. The molecule has 6 heteroatoms. The van der Waals surface area contributed by atoms with Gasteiger partial charge in [0.15, 0.2) is 12.3 Å². The molecule has 0 radical (unpaired) electrons. The Morgan fingerprint density at radius 3 is 2.95 bits per heavy atom. The lowest BCUT2D eigenvalue weighted by molar-refractivity contribution is -0.684. The van der Waals surface area contributed by atoms with Gasteiger partial charge in [-0.15, -0.1) is 0 Å². The zero-order valence-electron chi connectivity index (χ0n) is 11.9. The zero-order valence-corrected chi connectivity index (χ0v) is 12.7. The highest BCUT2D eigenvalue weighted by atomic mass is 35.5. The Morgan fingerprint density at radius 2 is 2.29 bits per heavy atom. The van der Waals surface area contributed by atoms with Crippen LogP contribution in [0.15, 0.2) is 41.0 Å². The van der Waals surface area contributed by atoms with Crippen LogP contribution < -0.4 is 15.4 Å². The first-order valence-electron chi connectivity index (χ1n) is 6.60. The van der Waals surface area contributed by atoms with Gasteiger partial charge in [0.25, 0.3) is 5.91 Å². The number of quaternary nitrogens is 1. The van der Waals surface area contributed by atoms with Crippen molar-refractivity contribution in [2.75, 3.05) is 19.0 Å². The summed E-state index contributed by atoms with van der Waals surface area (Å²) in [6, 6.07) is 8.88. The number of carbonyl (C=O) groups is 1. The van der Waals surface area contributed by atoms with E-state index in [1.807, 2.05) is 24.4 Å². The number of anilines is 1. The highest BCUT2D eigenvalue weighted by Gasteiger charge is 2.15. The van der Waals surface area contributed by atoms with Gasteiger partial charge >= 0.3 is 0 Å². The van der Waals surface area contributed by atoms with Gasteiger partial charge in [-0.1, -0.05) is 11.6 Å². The van der Waals surface area contributed by atoms with Gasteiger partial charge in [0.05, 0.1) is 19.1 Å². The average molecular weight is 310 g/mol. The minimum atomic E-state index is -0.131. The molecule has 0 aliphatic carbocycles. The number of nitrogens with one attached hydrogen (secondary N) is 1. The molecular weight excluding hydrogens is 292 g/mol. The summed E-state index contributed by atoms with van der Waals surface area (Å²) in [6.45, 7) is 2.25. The van der Waals surface area contributed by atoms with Crippen LogP contribution in [0.25, 0.3) is 0 Å². The molecule has 0 aliphatic heterocycles. The molecule has 0 aliphatic rings. The SMILES string of the molecule is COc1ccc(Cl)cc1NC(=O)C[NH2+][C@H](C)c1ccco1. The van der Waals surface area contributed by atoms with E-state index >= 15 is 0 Å². The molecule has 21 heavy (non-hydrogen) atoms. The van der Waals surface area contributed by atoms with E-state index in [0.29, 0.717) is 16.5 Å². The quantitative estimate of drug-likeness (QED) is 0.859. The lowest BCUT2D eigenvalue weighted by atomic mass is 10.2. The number of benzene rings is 1. The first kappa shape index (κ1) is 15.4. The molecule has 1 amide bonds. The van der Waals surface area contributed by atoms with Crippen molar-refractivity contribution in [2.45, 2.75) is 13.0 Å². The van der Waals surface area contributed by atoms with Crippen LogP contribution in [0.5, 0.6) is 5.75 Å². The van der Waals surface area contributed by atoms with Crippen molar-refractivity contribution in [1.82, 2.24) is 0 Å². The van der Waals surface area contributed by atoms with E-state index < -0.39 is 0 Å². The number of hydrogen-bond donors (Lipinski definition) is 2. The monoisotopic (exact) mass is 309 g/mol. The molecule has 0 bridgehead atoms. The topological polar surface area (TPSA) is 68.1 Å². The average Bonchev–Trinajstić information content (AvgIpc) is 2.99. The van der Waals surface area contributed by atoms with Gasteiger partial charge in [-0.05, 0) is 37.3 Å². The smallest absolute Gasteiger partial charge is 0.279 e. The first-order chi connectivity index (χ1) is 10.1. The predicted molar refractivity (Wildman–Crippen MR) is 80.5 cm³/mol. The number of methoxy groups -OCH3 is 1. The molecule has 1 aromatic carbocycles. The van der Waals surface area contributed by atoms with E-state index in [1.54, 1.807) is 31.6 Å². The van der Waals surface area contributed by atoms with Gasteiger partial charge in [0.2, 0.25) is 0 Å². The Morgan fingerprint density at radius 1 is 1.48 bits per heavy atom. The minimum Gasteiger partial charge on any atom is -0.495 e. The van der Waals surface area contributed by atoms with Crippen molar-refractivity contribution in [1.29, 1.82) is 0 Å². The summed E-state index contributed by atoms with van der Waals surface area (Å²) in [6.07, 6.45) is 1.62. The second-order valence-corrected chi connectivity index (χ2v) is 5.07. The van der Waals surface area contributed by atoms with Crippen molar-refractivity contribution in [2.24, 2.45) is 0 Å². The molecule has 0 unspecified atom stereocenters. The van der Waals surface area contributed by atoms with Crippen LogP contribution in [0.4, 0.5) is 5.69 Å². The van der Waals surface area contributed by atoms with Gasteiger partial charge < -0.3 is 19.8 Å². The summed E-state index contributed by atoms with van der Waals surface area (Å²) in [5.41, 5.74) is 0.564. The zero-order chi connectivity index (χ0) is 15.2. The molecule has 1 atom stereocenters. The van der Waals surface area contributed by atoms with Crippen LogP contribution in [0.2, 0.25) is 5.02 Å². The summed E-state index contributed by atoms with van der Waals surface area (Å²) in [4.78, 5) is 12.0. The lowest BCUT2D eigenvalue weighted by Gasteiger charge is -2.11. The Kier molecular flexibility index (Phi) is 5.25. The van der Waals surface area contributed by atoms with Crippen molar-refractivity contribution < 1.29 is 19.3 Å². The number of carbonyl (C=O) groups excluding carboxylic acids is 1. The van der Waals surface area contributed by atoms with Gasteiger partial charge in [-0.2, -0.15) is 0 Å². The molecule has 0 saturated heterocycles. The largest absolute Gasteiger partial charge is 0.495 e. The molecule has 5 nitrogen and oxygen atoms in total. The Hall–Kier alpha value is -1.98. The molecule has 112 valence electrons. The second kappa shape index (κ2) is 7.15. The number of furan rings is 1. The van der Waals surface area contributed by atoms with E-state index in [1.165, 1.54) is 0 Å². The summed E-state index contributed by atoms with van der Waals surface area (Å²) in [7, 11) is 1.55. The lowest BCUT2D eigenvalue weighted by Crippen LogP contribution is -2.86. The van der Waals surface area contributed by atoms with Crippen LogP contribution in [-0.4, -0.2) is 19.6 Å². The van der Waals surface area contributed by atoms with Crippen molar-refractivity contribution in [3.8, 4) is 5.75 Å². The standard InChI is InChI=1S/C15H17ClN2O3/c1-10(13-4-3-7-21-13)17-9-15(19)18-12-8-11(16)5-6-14(12)20-2/h3-8,10,17H,9H2,1-2H3,(H,18,19)/p+1/t10-/m1/s1. The molecule has 0 fully saturated rings. The number of rotatable bonds is 6. The Labute approximate surface area is 128 Å². The fourth-order valence-corrected chi connectivity index (χ4v) is 2.10. The second-order valence-electron chi connectivity index (χ2n) is 4.64. The number of amides is 1. The maximum absolute atomic E-state index is 12.0. The molecule has 3 N–H and O–H groups in total. The van der Waals surface area contributed by atoms with E-state index in [-0.39, 0.29) is 18.5 Å². The van der Waals surface area contributed by atoms with Crippen LogP contribution in [0, 0.1) is 0 Å². The van der Waals surface area contributed by atoms with Gasteiger partial charge in [-0.25, -0.2) is 0 Å². The highest BCUT2D eigenvalue weighted by molar-refractivity contribution is 6.31. The highest BCUT2D eigenvalue weighted by Crippen LogP contribution is 2.27. The molecule has 2 aromatic rings. The van der Waals surface area contributed by atoms with Crippen LogP contribution in [0.1, 0.15) is 18.7 Å². The van der Waals surface area contributed by atoms with E-state index in [0.717, 1.165) is 5.76 Å². The van der Waals surface area contributed by atoms with Crippen molar-refractivity contribution in [3.63, 3.8) is 0 Å². The van der Waals surface area contributed by atoms with Crippen molar-refractivity contribution in [3.05, 3.63) is 47.4 Å². The third kappa shape index (κ3) is 4.24. The number of halogens is 1. The summed E-state index contributed by atoms with van der Waals surface area (Å²) in [5, 5.41) is 5.23. The van der Waals surface area contributed by atoms with Crippen LogP contribution >= 0.6 is 11.6 Å². The minimum absolute atomic E-state index is 0.0759. The van der Waals surface area contributed by atoms with Crippen molar-refractivity contribution >= 4 is 23.2 Å². The Bertz CT molecular complexity index is 599. The molecule has 0 spiro atoms. The molecule has 0 saturated carbocycles. The molecule has 1 aromatic heterocycles. The van der Waals surface area contributed by atoms with E-state index in [2.05, 4.69) is 5.32 Å². The van der Waals surface area contributed by atoms with Gasteiger partial charge in [0, 0.05) is 5.02 Å². The van der Waals surface area contributed by atoms with Crippen LogP contribution in [-0.2, 0) is 4.79 Å². The fourth-order valence-electron chi connectivity index (χ4n) is 1.93. The normalized spacial score (nSPS) is 12.0. The van der Waals surface area contributed by atoms with E-state index in [9.17, 15) is 4.79 Å².